The Bertz CT molecular complexity index is 620. The van der Waals surface area contributed by atoms with Crippen LogP contribution in [0.4, 0.5) is 0 Å². The Morgan fingerprint density at radius 2 is 1.93 bits per heavy atom. The average Bonchev–Trinajstić information content (AvgIpc) is 2.69. The van der Waals surface area contributed by atoms with Crippen LogP contribution in [-0.4, -0.2) is 54.0 Å². The van der Waals surface area contributed by atoms with Crippen molar-refractivity contribution in [3.8, 4) is 5.75 Å². The number of nitrogens with zero attached hydrogens (tertiary/aromatic N) is 1. The molecule has 1 fully saturated rings. The van der Waals surface area contributed by atoms with Crippen molar-refractivity contribution < 1.29 is 24.2 Å². The molecule has 2 N–H and O–H groups in total. The number of carbonyl (C=O) groups excluding carboxylic acids is 2. The first-order valence-electron chi connectivity index (χ1n) is 9.51. The molecule has 1 heterocycles. The summed E-state index contributed by atoms with van der Waals surface area (Å²) in [5.74, 6) is -0.472. The third kappa shape index (κ3) is 7.68. The Morgan fingerprint density at radius 3 is 2.67 bits per heavy atom. The highest BCUT2D eigenvalue weighted by molar-refractivity contribution is 5.82. The SMILES string of the molecule is O=C(O)CCCCCNC(=O)C1CCCN(C(=O)COc2ccccc2)C1. The molecule has 7 nitrogen and oxygen atoms in total. The van der Waals surface area contributed by atoms with Gasteiger partial charge in [0, 0.05) is 26.1 Å². The molecule has 7 heteroatoms. The number of hydrogen-bond donors (Lipinski definition) is 2. The number of hydrogen-bond acceptors (Lipinski definition) is 4. The van der Waals surface area contributed by atoms with E-state index in [2.05, 4.69) is 5.32 Å². The van der Waals surface area contributed by atoms with E-state index in [9.17, 15) is 14.4 Å². The fourth-order valence-corrected chi connectivity index (χ4v) is 3.10. The van der Waals surface area contributed by atoms with Crippen molar-refractivity contribution in [2.75, 3.05) is 26.2 Å². The highest BCUT2D eigenvalue weighted by Gasteiger charge is 2.28. The van der Waals surface area contributed by atoms with Gasteiger partial charge in [0.1, 0.15) is 5.75 Å². The second kappa shape index (κ2) is 11.2. The van der Waals surface area contributed by atoms with Gasteiger partial charge < -0.3 is 20.1 Å². The van der Waals surface area contributed by atoms with Crippen LogP contribution in [0.3, 0.4) is 0 Å². The maximum absolute atomic E-state index is 12.3. The van der Waals surface area contributed by atoms with Gasteiger partial charge in [-0.1, -0.05) is 24.6 Å². The summed E-state index contributed by atoms with van der Waals surface area (Å²) in [4.78, 5) is 36.8. The molecule has 1 unspecified atom stereocenters. The van der Waals surface area contributed by atoms with Gasteiger partial charge in [0.2, 0.25) is 5.91 Å². The molecule has 27 heavy (non-hydrogen) atoms. The molecule has 2 amide bonds. The quantitative estimate of drug-likeness (QED) is 0.610. The monoisotopic (exact) mass is 376 g/mol. The molecule has 1 aromatic carbocycles. The third-order valence-electron chi connectivity index (χ3n) is 4.62. The van der Waals surface area contributed by atoms with Crippen molar-refractivity contribution in [1.82, 2.24) is 10.2 Å². The predicted molar refractivity (Wildman–Crippen MR) is 100 cm³/mol. The van der Waals surface area contributed by atoms with E-state index < -0.39 is 5.97 Å². The molecule has 0 saturated carbocycles. The van der Waals surface area contributed by atoms with Crippen LogP contribution >= 0.6 is 0 Å². The number of amides is 2. The number of carboxylic acids is 1. The first-order chi connectivity index (χ1) is 13.1. The van der Waals surface area contributed by atoms with Gasteiger partial charge in [0.15, 0.2) is 6.61 Å². The van der Waals surface area contributed by atoms with E-state index in [0.29, 0.717) is 31.8 Å². The number of rotatable bonds is 10. The molecular formula is C20H28N2O5. The van der Waals surface area contributed by atoms with Gasteiger partial charge in [-0.25, -0.2) is 0 Å². The second-order valence-electron chi connectivity index (χ2n) is 6.78. The van der Waals surface area contributed by atoms with E-state index in [1.165, 1.54) is 0 Å². The molecule has 1 saturated heterocycles. The molecule has 0 aliphatic carbocycles. The summed E-state index contributed by atoms with van der Waals surface area (Å²) in [7, 11) is 0. The second-order valence-corrected chi connectivity index (χ2v) is 6.78. The van der Waals surface area contributed by atoms with Crippen LogP contribution in [0.5, 0.6) is 5.75 Å². The number of aliphatic carboxylic acids is 1. The Labute approximate surface area is 159 Å². The normalized spacial score (nSPS) is 16.6. The summed E-state index contributed by atoms with van der Waals surface area (Å²) in [6.45, 7) is 1.58. The van der Waals surface area contributed by atoms with Crippen molar-refractivity contribution >= 4 is 17.8 Å². The zero-order valence-corrected chi connectivity index (χ0v) is 15.6. The summed E-state index contributed by atoms with van der Waals surface area (Å²) in [5.41, 5.74) is 0. The molecule has 148 valence electrons. The number of benzene rings is 1. The van der Waals surface area contributed by atoms with Crippen LogP contribution in [-0.2, 0) is 14.4 Å². The minimum atomic E-state index is -0.790. The Morgan fingerprint density at radius 1 is 1.15 bits per heavy atom. The first-order valence-corrected chi connectivity index (χ1v) is 9.51. The summed E-state index contributed by atoms with van der Waals surface area (Å²) < 4.78 is 5.50. The molecule has 1 aliphatic heterocycles. The van der Waals surface area contributed by atoms with E-state index in [4.69, 9.17) is 9.84 Å². The Hall–Kier alpha value is -2.57. The summed E-state index contributed by atoms with van der Waals surface area (Å²) in [6.07, 6.45) is 3.90. The lowest BCUT2D eigenvalue weighted by atomic mass is 9.97. The lowest BCUT2D eigenvalue weighted by molar-refractivity contribution is -0.138. The van der Waals surface area contributed by atoms with E-state index >= 15 is 0 Å². The summed E-state index contributed by atoms with van der Waals surface area (Å²) >= 11 is 0. The van der Waals surface area contributed by atoms with E-state index in [1.807, 2.05) is 18.2 Å². The van der Waals surface area contributed by atoms with Crippen molar-refractivity contribution in [2.45, 2.75) is 38.5 Å². The minimum Gasteiger partial charge on any atom is -0.484 e. The number of piperidine rings is 1. The minimum absolute atomic E-state index is 0.0259. The van der Waals surface area contributed by atoms with Gasteiger partial charge >= 0.3 is 5.97 Å². The molecule has 1 atom stereocenters. The first kappa shape index (κ1) is 20.7. The highest BCUT2D eigenvalue weighted by atomic mass is 16.5. The van der Waals surface area contributed by atoms with Crippen molar-refractivity contribution in [3.05, 3.63) is 30.3 Å². The van der Waals surface area contributed by atoms with E-state index in [-0.39, 0.29) is 30.8 Å². The van der Waals surface area contributed by atoms with Crippen molar-refractivity contribution in [2.24, 2.45) is 5.92 Å². The lowest BCUT2D eigenvalue weighted by Crippen LogP contribution is -2.47. The predicted octanol–water partition coefficient (Wildman–Crippen LogP) is 2.07. The lowest BCUT2D eigenvalue weighted by Gasteiger charge is -2.32. The molecular weight excluding hydrogens is 348 g/mol. The van der Waals surface area contributed by atoms with E-state index in [1.54, 1.807) is 17.0 Å². The number of carbonyl (C=O) groups is 3. The van der Waals surface area contributed by atoms with Gasteiger partial charge in [0.25, 0.3) is 5.91 Å². The van der Waals surface area contributed by atoms with Crippen LogP contribution in [0.2, 0.25) is 0 Å². The molecule has 0 aromatic heterocycles. The molecule has 1 aliphatic rings. The zero-order valence-electron chi connectivity index (χ0n) is 15.6. The number of likely N-dealkylation sites (tertiary alicyclic amines) is 1. The van der Waals surface area contributed by atoms with Crippen molar-refractivity contribution in [1.29, 1.82) is 0 Å². The van der Waals surface area contributed by atoms with Gasteiger partial charge in [-0.05, 0) is 37.8 Å². The average molecular weight is 376 g/mol. The highest BCUT2D eigenvalue weighted by Crippen LogP contribution is 2.17. The Balaban J connectivity index is 1.67. The standard InChI is InChI=1S/C20H28N2O5/c23-18(15-27-17-9-3-1-4-10-17)22-13-7-8-16(14-22)20(26)21-12-6-2-5-11-19(24)25/h1,3-4,9-10,16H,2,5-8,11-15H2,(H,21,26)(H,24,25). The molecule has 0 spiro atoms. The maximum Gasteiger partial charge on any atom is 0.303 e. The fraction of sp³-hybridized carbons (Fsp3) is 0.550. The van der Waals surface area contributed by atoms with Gasteiger partial charge in [-0.15, -0.1) is 0 Å². The number of para-hydroxylation sites is 1. The molecule has 0 bridgehead atoms. The number of carboxylic acid groups (broad SMARTS) is 1. The molecule has 1 aromatic rings. The smallest absolute Gasteiger partial charge is 0.303 e. The summed E-state index contributed by atoms with van der Waals surface area (Å²) in [5, 5.41) is 11.5. The van der Waals surface area contributed by atoms with Crippen LogP contribution < -0.4 is 10.1 Å². The van der Waals surface area contributed by atoms with Crippen LogP contribution in [0.25, 0.3) is 0 Å². The molecule has 0 radical (unpaired) electrons. The Kier molecular flexibility index (Phi) is 8.61. The number of unbranched alkanes of at least 4 members (excludes halogenated alkanes) is 2. The van der Waals surface area contributed by atoms with Gasteiger partial charge in [-0.3, -0.25) is 14.4 Å². The van der Waals surface area contributed by atoms with E-state index in [0.717, 1.165) is 25.7 Å². The van der Waals surface area contributed by atoms with Crippen LogP contribution in [0.15, 0.2) is 30.3 Å². The number of nitrogens with one attached hydrogen (secondary N) is 1. The third-order valence-corrected chi connectivity index (χ3v) is 4.62. The van der Waals surface area contributed by atoms with Crippen LogP contribution in [0.1, 0.15) is 38.5 Å². The van der Waals surface area contributed by atoms with Crippen molar-refractivity contribution in [3.63, 3.8) is 0 Å². The zero-order chi connectivity index (χ0) is 19.5. The summed E-state index contributed by atoms with van der Waals surface area (Å²) in [6, 6.07) is 9.19. The topological polar surface area (TPSA) is 95.9 Å². The maximum atomic E-state index is 12.3. The fourth-order valence-electron chi connectivity index (χ4n) is 3.10. The van der Waals surface area contributed by atoms with Gasteiger partial charge in [-0.2, -0.15) is 0 Å². The molecule has 2 rings (SSSR count). The van der Waals surface area contributed by atoms with Gasteiger partial charge in [0.05, 0.1) is 5.92 Å². The van der Waals surface area contributed by atoms with Crippen LogP contribution in [0, 0.1) is 5.92 Å². The number of ether oxygens (including phenoxy) is 1. The largest absolute Gasteiger partial charge is 0.484 e.